The molecule has 0 radical (unpaired) electrons. The molecule has 6 nitrogen and oxygen atoms in total. The van der Waals surface area contributed by atoms with E-state index in [1.54, 1.807) is 36.0 Å². The van der Waals surface area contributed by atoms with Crippen LogP contribution in [-0.2, 0) is 16.1 Å². The minimum Gasteiger partial charge on any atom is -0.478 e. The van der Waals surface area contributed by atoms with E-state index >= 15 is 0 Å². The lowest BCUT2D eigenvalue weighted by molar-refractivity contribution is -0.135. The summed E-state index contributed by atoms with van der Waals surface area (Å²) in [5.41, 5.74) is 1.07. The predicted molar refractivity (Wildman–Crippen MR) is 75.6 cm³/mol. The van der Waals surface area contributed by atoms with Crippen molar-refractivity contribution in [3.63, 3.8) is 0 Å². The first-order valence-corrected chi connectivity index (χ1v) is 6.69. The van der Waals surface area contributed by atoms with Crippen LogP contribution in [0.15, 0.2) is 24.3 Å². The van der Waals surface area contributed by atoms with Gasteiger partial charge in [0.25, 0.3) is 0 Å². The molecule has 0 spiro atoms. The standard InChI is InChI=1S/C15H18N2O4/c1-16-9-12(7-13(16)18)14(19)17(2)8-10-3-5-11(6-4-10)15(20)21/h3-6,12H,7-9H2,1-2H3,(H,20,21). The third-order valence-corrected chi connectivity index (χ3v) is 3.69. The second-order valence-corrected chi connectivity index (χ2v) is 5.37. The molecule has 1 aromatic rings. The summed E-state index contributed by atoms with van der Waals surface area (Å²) in [4.78, 5) is 37.7. The smallest absolute Gasteiger partial charge is 0.335 e. The molecular weight excluding hydrogens is 272 g/mol. The van der Waals surface area contributed by atoms with Gasteiger partial charge in [0.05, 0.1) is 11.5 Å². The van der Waals surface area contributed by atoms with Crippen LogP contribution in [-0.4, -0.2) is 53.3 Å². The average Bonchev–Trinajstić information content (AvgIpc) is 2.78. The van der Waals surface area contributed by atoms with Crippen molar-refractivity contribution in [2.75, 3.05) is 20.6 Å². The zero-order valence-corrected chi connectivity index (χ0v) is 12.1. The number of carboxylic acids is 1. The van der Waals surface area contributed by atoms with Gasteiger partial charge in [-0.15, -0.1) is 0 Å². The Morgan fingerprint density at radius 3 is 2.43 bits per heavy atom. The SMILES string of the molecule is CN1CC(C(=O)N(C)Cc2ccc(C(=O)O)cc2)CC1=O. The Morgan fingerprint density at radius 1 is 1.33 bits per heavy atom. The molecule has 0 aliphatic carbocycles. The fourth-order valence-corrected chi connectivity index (χ4v) is 2.45. The van der Waals surface area contributed by atoms with Gasteiger partial charge in [-0.25, -0.2) is 4.79 Å². The van der Waals surface area contributed by atoms with E-state index in [9.17, 15) is 14.4 Å². The zero-order chi connectivity index (χ0) is 15.6. The van der Waals surface area contributed by atoms with Gasteiger partial charge in [0.15, 0.2) is 0 Å². The molecule has 0 bridgehead atoms. The molecular formula is C15H18N2O4. The lowest BCUT2D eigenvalue weighted by atomic mass is 10.1. The first-order chi connectivity index (χ1) is 9.88. The molecule has 1 aromatic carbocycles. The highest BCUT2D eigenvalue weighted by Crippen LogP contribution is 2.19. The van der Waals surface area contributed by atoms with Gasteiger partial charge in [0.2, 0.25) is 11.8 Å². The minimum atomic E-state index is -0.974. The first-order valence-electron chi connectivity index (χ1n) is 6.69. The fraction of sp³-hybridized carbons (Fsp3) is 0.400. The summed E-state index contributed by atoms with van der Waals surface area (Å²) in [5, 5.41) is 8.84. The normalized spacial score (nSPS) is 17.9. The molecule has 1 saturated heterocycles. The number of benzene rings is 1. The van der Waals surface area contributed by atoms with Crippen molar-refractivity contribution in [1.29, 1.82) is 0 Å². The number of carboxylic acid groups (broad SMARTS) is 1. The molecule has 2 amide bonds. The number of aromatic carboxylic acids is 1. The number of likely N-dealkylation sites (tertiary alicyclic amines) is 1. The summed E-state index contributed by atoms with van der Waals surface area (Å²) in [6.07, 6.45) is 0.262. The number of rotatable bonds is 4. The summed E-state index contributed by atoms with van der Waals surface area (Å²) in [6.45, 7) is 0.854. The van der Waals surface area contributed by atoms with Gasteiger partial charge in [0, 0.05) is 33.6 Å². The van der Waals surface area contributed by atoms with Crippen LogP contribution in [0, 0.1) is 5.92 Å². The molecule has 1 atom stereocenters. The molecule has 0 saturated carbocycles. The van der Waals surface area contributed by atoms with E-state index in [1.807, 2.05) is 0 Å². The predicted octanol–water partition coefficient (Wildman–Crippen LogP) is 0.821. The molecule has 0 aromatic heterocycles. The molecule has 21 heavy (non-hydrogen) atoms. The monoisotopic (exact) mass is 290 g/mol. The molecule has 112 valence electrons. The number of carbonyl (C=O) groups excluding carboxylic acids is 2. The van der Waals surface area contributed by atoms with E-state index in [1.165, 1.54) is 12.1 Å². The molecule has 1 N–H and O–H groups in total. The van der Waals surface area contributed by atoms with Crippen molar-refractivity contribution in [3.05, 3.63) is 35.4 Å². The Bertz CT molecular complexity index is 568. The van der Waals surface area contributed by atoms with E-state index in [4.69, 9.17) is 5.11 Å². The van der Waals surface area contributed by atoms with Crippen molar-refractivity contribution >= 4 is 17.8 Å². The van der Waals surface area contributed by atoms with Gasteiger partial charge in [-0.05, 0) is 17.7 Å². The van der Waals surface area contributed by atoms with Crippen molar-refractivity contribution in [3.8, 4) is 0 Å². The number of hydrogen-bond acceptors (Lipinski definition) is 3. The summed E-state index contributed by atoms with van der Waals surface area (Å²) >= 11 is 0. The Balaban J connectivity index is 1.97. The van der Waals surface area contributed by atoms with Crippen LogP contribution < -0.4 is 0 Å². The summed E-state index contributed by atoms with van der Waals surface area (Å²) in [7, 11) is 3.39. The van der Waals surface area contributed by atoms with Gasteiger partial charge < -0.3 is 14.9 Å². The number of carbonyl (C=O) groups is 3. The van der Waals surface area contributed by atoms with Crippen LogP contribution in [0.25, 0.3) is 0 Å². The van der Waals surface area contributed by atoms with Crippen LogP contribution in [0.5, 0.6) is 0 Å². The maximum absolute atomic E-state index is 12.3. The average molecular weight is 290 g/mol. The van der Waals surface area contributed by atoms with Crippen molar-refractivity contribution in [2.24, 2.45) is 5.92 Å². The Morgan fingerprint density at radius 2 is 1.95 bits per heavy atom. The van der Waals surface area contributed by atoms with Gasteiger partial charge in [-0.2, -0.15) is 0 Å². The van der Waals surface area contributed by atoms with Gasteiger partial charge >= 0.3 is 5.97 Å². The molecule has 1 heterocycles. The van der Waals surface area contributed by atoms with Crippen molar-refractivity contribution in [1.82, 2.24) is 9.80 Å². The van der Waals surface area contributed by atoms with Crippen LogP contribution in [0.1, 0.15) is 22.3 Å². The summed E-state index contributed by atoms with van der Waals surface area (Å²) in [5.74, 6) is -1.33. The first kappa shape index (κ1) is 15.0. The molecule has 6 heteroatoms. The third kappa shape index (κ3) is 3.39. The van der Waals surface area contributed by atoms with E-state index in [-0.39, 0.29) is 29.7 Å². The Kier molecular flexibility index (Phi) is 4.26. The zero-order valence-electron chi connectivity index (χ0n) is 12.1. The lowest BCUT2D eigenvalue weighted by Gasteiger charge is -2.20. The second-order valence-electron chi connectivity index (χ2n) is 5.37. The van der Waals surface area contributed by atoms with E-state index < -0.39 is 5.97 Å². The van der Waals surface area contributed by atoms with Gasteiger partial charge in [-0.3, -0.25) is 9.59 Å². The molecule has 1 aliphatic rings. The summed E-state index contributed by atoms with van der Waals surface area (Å²) < 4.78 is 0. The Hall–Kier alpha value is -2.37. The number of amides is 2. The maximum Gasteiger partial charge on any atom is 0.335 e. The topological polar surface area (TPSA) is 77.9 Å². The van der Waals surface area contributed by atoms with Crippen LogP contribution in [0.4, 0.5) is 0 Å². The Labute approximate surface area is 123 Å². The van der Waals surface area contributed by atoms with Crippen molar-refractivity contribution < 1.29 is 19.5 Å². The second kappa shape index (κ2) is 5.95. The minimum absolute atomic E-state index is 0.00689. The van der Waals surface area contributed by atoms with E-state index in [0.29, 0.717) is 13.1 Å². The van der Waals surface area contributed by atoms with E-state index in [2.05, 4.69) is 0 Å². The lowest BCUT2D eigenvalue weighted by Crippen LogP contribution is -2.33. The third-order valence-electron chi connectivity index (χ3n) is 3.69. The van der Waals surface area contributed by atoms with E-state index in [0.717, 1.165) is 5.56 Å². The highest BCUT2D eigenvalue weighted by molar-refractivity contribution is 5.89. The number of hydrogen-bond donors (Lipinski definition) is 1. The highest BCUT2D eigenvalue weighted by Gasteiger charge is 2.33. The molecule has 1 aliphatic heterocycles. The largest absolute Gasteiger partial charge is 0.478 e. The summed E-state index contributed by atoms with van der Waals surface area (Å²) in [6, 6.07) is 6.42. The van der Waals surface area contributed by atoms with Crippen LogP contribution >= 0.6 is 0 Å². The molecule has 1 fully saturated rings. The quantitative estimate of drug-likeness (QED) is 0.890. The van der Waals surface area contributed by atoms with Crippen LogP contribution in [0.3, 0.4) is 0 Å². The highest BCUT2D eigenvalue weighted by atomic mass is 16.4. The van der Waals surface area contributed by atoms with Crippen molar-refractivity contribution in [2.45, 2.75) is 13.0 Å². The van der Waals surface area contributed by atoms with Gasteiger partial charge in [0.1, 0.15) is 0 Å². The molecule has 2 rings (SSSR count). The maximum atomic E-state index is 12.3. The van der Waals surface area contributed by atoms with Crippen LogP contribution in [0.2, 0.25) is 0 Å². The number of nitrogens with zero attached hydrogens (tertiary/aromatic N) is 2. The van der Waals surface area contributed by atoms with Gasteiger partial charge in [-0.1, -0.05) is 12.1 Å². The fourth-order valence-electron chi connectivity index (χ4n) is 2.45. The molecule has 1 unspecified atom stereocenters.